The summed E-state index contributed by atoms with van der Waals surface area (Å²) >= 11 is 0. The second-order valence-electron chi connectivity index (χ2n) is 7.86. The summed E-state index contributed by atoms with van der Waals surface area (Å²) in [6, 6.07) is 9.93. The van der Waals surface area contributed by atoms with Crippen molar-refractivity contribution in [1.29, 1.82) is 0 Å². The number of nitrogens with zero attached hydrogens (tertiary/aromatic N) is 3. The highest BCUT2D eigenvalue weighted by Crippen LogP contribution is 2.28. The van der Waals surface area contributed by atoms with Gasteiger partial charge in [-0.2, -0.15) is 5.10 Å². The van der Waals surface area contributed by atoms with Gasteiger partial charge in [0.05, 0.1) is 6.54 Å². The number of unbranched alkanes of at least 4 members (excludes halogenated alkanes) is 2. The Morgan fingerprint density at radius 2 is 1.97 bits per heavy atom. The highest BCUT2D eigenvalue weighted by Gasteiger charge is 2.34. The maximum atomic E-state index is 14.5. The Labute approximate surface area is 191 Å². The molecule has 6 nitrogen and oxygen atoms in total. The van der Waals surface area contributed by atoms with Crippen molar-refractivity contribution in [1.82, 2.24) is 14.8 Å². The second-order valence-corrected chi connectivity index (χ2v) is 7.86. The van der Waals surface area contributed by atoms with Crippen molar-refractivity contribution >= 4 is 11.9 Å². The lowest BCUT2D eigenvalue weighted by Crippen LogP contribution is -2.39. The van der Waals surface area contributed by atoms with Crippen LogP contribution in [0.4, 0.5) is 8.78 Å². The third-order valence-electron chi connectivity index (χ3n) is 5.17. The van der Waals surface area contributed by atoms with Gasteiger partial charge in [-0.05, 0) is 36.3 Å². The van der Waals surface area contributed by atoms with Crippen LogP contribution in [0.2, 0.25) is 0 Å². The quantitative estimate of drug-likeness (QED) is 0.317. The maximum absolute atomic E-state index is 14.5. The molecule has 0 aliphatic rings. The summed E-state index contributed by atoms with van der Waals surface area (Å²) in [5.74, 6) is -1.10. The molecule has 0 saturated heterocycles. The number of rotatable bonds is 12. The predicted molar refractivity (Wildman–Crippen MR) is 120 cm³/mol. The van der Waals surface area contributed by atoms with Crippen LogP contribution < -0.4 is 4.74 Å². The average molecular weight is 456 g/mol. The molecule has 174 valence electrons. The Kier molecular flexibility index (Phi) is 8.43. The first-order chi connectivity index (χ1) is 15.9. The molecule has 1 heterocycles. The largest absolute Gasteiger partial charge is 0.490 e. The zero-order valence-electron chi connectivity index (χ0n) is 18.5. The minimum atomic E-state index is -1.82. The van der Waals surface area contributed by atoms with E-state index >= 15 is 0 Å². The van der Waals surface area contributed by atoms with Gasteiger partial charge in [0, 0.05) is 18.1 Å². The molecule has 0 saturated carbocycles. The molecule has 0 amide bonds. The van der Waals surface area contributed by atoms with Crippen LogP contribution in [0.5, 0.6) is 5.75 Å². The van der Waals surface area contributed by atoms with E-state index in [1.54, 1.807) is 36.4 Å². The van der Waals surface area contributed by atoms with Gasteiger partial charge in [0.1, 0.15) is 42.2 Å². The smallest absolute Gasteiger partial charge is 0.155 e. The van der Waals surface area contributed by atoms with E-state index in [9.17, 15) is 18.7 Å². The van der Waals surface area contributed by atoms with Crippen LogP contribution in [0.3, 0.4) is 0 Å². The highest BCUT2D eigenvalue weighted by atomic mass is 19.1. The molecule has 1 N–H and O–H groups in total. The SMILES string of the molecule is CCCCCC(=O)C=Cc1ccc(OCC(O)(Cn2cncn2)c2ccc(F)cc2F)cc1. The Bertz CT molecular complexity index is 1070. The summed E-state index contributed by atoms with van der Waals surface area (Å²) in [6.07, 6.45) is 9.53. The van der Waals surface area contributed by atoms with Gasteiger partial charge >= 0.3 is 0 Å². The summed E-state index contributed by atoms with van der Waals surface area (Å²) in [5.41, 5.74) is -1.11. The van der Waals surface area contributed by atoms with Crippen molar-refractivity contribution in [3.63, 3.8) is 0 Å². The van der Waals surface area contributed by atoms with Gasteiger partial charge in [-0.25, -0.2) is 18.4 Å². The molecule has 1 unspecified atom stereocenters. The fraction of sp³-hybridized carbons (Fsp3) is 0.320. The highest BCUT2D eigenvalue weighted by molar-refractivity contribution is 5.93. The molecule has 0 fully saturated rings. The molecule has 2 aromatic carbocycles. The van der Waals surface area contributed by atoms with Crippen molar-refractivity contribution in [2.24, 2.45) is 0 Å². The Hall–Kier alpha value is -3.39. The van der Waals surface area contributed by atoms with E-state index in [1.165, 1.54) is 23.4 Å². The van der Waals surface area contributed by atoms with Gasteiger partial charge < -0.3 is 9.84 Å². The topological polar surface area (TPSA) is 77.2 Å². The van der Waals surface area contributed by atoms with E-state index in [0.29, 0.717) is 18.2 Å². The summed E-state index contributed by atoms with van der Waals surface area (Å²) in [5, 5.41) is 15.2. The Balaban J connectivity index is 1.68. The normalized spacial score (nSPS) is 13.2. The molecule has 33 heavy (non-hydrogen) atoms. The molecule has 0 aliphatic carbocycles. The summed E-state index contributed by atoms with van der Waals surface area (Å²) in [7, 11) is 0. The molecular weight excluding hydrogens is 428 g/mol. The number of carbonyl (C=O) groups is 1. The van der Waals surface area contributed by atoms with E-state index in [4.69, 9.17) is 4.74 Å². The van der Waals surface area contributed by atoms with Gasteiger partial charge in [-0.15, -0.1) is 0 Å². The molecule has 8 heteroatoms. The number of ether oxygens (including phenoxy) is 1. The molecular formula is C25H27F2N3O3. The van der Waals surface area contributed by atoms with E-state index < -0.39 is 17.2 Å². The number of allylic oxidation sites excluding steroid dienone is 1. The van der Waals surface area contributed by atoms with Crippen LogP contribution >= 0.6 is 0 Å². The molecule has 0 spiro atoms. The van der Waals surface area contributed by atoms with Gasteiger partial charge in [0.2, 0.25) is 0 Å². The van der Waals surface area contributed by atoms with Crippen LogP contribution in [-0.4, -0.2) is 32.3 Å². The van der Waals surface area contributed by atoms with Crippen LogP contribution in [-0.2, 0) is 16.9 Å². The van der Waals surface area contributed by atoms with E-state index in [0.717, 1.165) is 30.9 Å². The minimum Gasteiger partial charge on any atom is -0.490 e. The number of hydrogen-bond donors (Lipinski definition) is 1. The van der Waals surface area contributed by atoms with Crippen molar-refractivity contribution < 1.29 is 23.4 Å². The standard InChI is InChI=1S/C25H27F2N3O3/c1-2-3-4-5-21(31)10-6-19-7-11-22(12-8-19)33-16-25(32,15-30-18-28-17-29-30)23-13-9-20(26)14-24(23)27/h6-14,17-18,32H,2-5,15-16H2,1H3. The third-order valence-corrected chi connectivity index (χ3v) is 5.17. The lowest BCUT2D eigenvalue weighted by molar-refractivity contribution is -0.114. The zero-order chi connectivity index (χ0) is 23.7. The molecule has 1 aromatic heterocycles. The lowest BCUT2D eigenvalue weighted by atomic mass is 9.94. The average Bonchev–Trinajstić information content (AvgIpc) is 3.30. The fourth-order valence-corrected chi connectivity index (χ4v) is 3.36. The summed E-state index contributed by atoms with van der Waals surface area (Å²) in [4.78, 5) is 15.7. The van der Waals surface area contributed by atoms with Gasteiger partial charge in [-0.1, -0.05) is 44.0 Å². The monoisotopic (exact) mass is 455 g/mol. The van der Waals surface area contributed by atoms with Crippen LogP contribution in [0.1, 0.15) is 43.7 Å². The summed E-state index contributed by atoms with van der Waals surface area (Å²) in [6.45, 7) is 1.65. The minimum absolute atomic E-state index is 0.0864. The Morgan fingerprint density at radius 3 is 2.64 bits per heavy atom. The number of aliphatic hydroxyl groups is 1. The van der Waals surface area contributed by atoms with Gasteiger partial charge in [0.15, 0.2) is 5.78 Å². The molecule has 0 radical (unpaired) electrons. The molecule has 0 aliphatic heterocycles. The van der Waals surface area contributed by atoms with E-state index in [-0.39, 0.29) is 24.5 Å². The number of hydrogen-bond acceptors (Lipinski definition) is 5. The molecule has 0 bridgehead atoms. The first kappa shape index (κ1) is 24.3. The third kappa shape index (κ3) is 7.05. The van der Waals surface area contributed by atoms with Crippen molar-refractivity contribution in [2.45, 2.75) is 44.8 Å². The number of ketones is 1. The van der Waals surface area contributed by atoms with Gasteiger partial charge in [0.25, 0.3) is 0 Å². The van der Waals surface area contributed by atoms with Crippen molar-refractivity contribution in [2.75, 3.05) is 6.61 Å². The fourth-order valence-electron chi connectivity index (χ4n) is 3.36. The number of benzene rings is 2. The van der Waals surface area contributed by atoms with Crippen molar-refractivity contribution in [3.05, 3.63) is 84.0 Å². The Morgan fingerprint density at radius 1 is 1.18 bits per heavy atom. The van der Waals surface area contributed by atoms with Crippen molar-refractivity contribution in [3.8, 4) is 5.75 Å². The number of carbonyl (C=O) groups excluding carboxylic acids is 1. The van der Waals surface area contributed by atoms with Crippen LogP contribution in [0.15, 0.2) is 61.2 Å². The first-order valence-corrected chi connectivity index (χ1v) is 10.8. The number of aromatic nitrogens is 3. The molecule has 3 rings (SSSR count). The maximum Gasteiger partial charge on any atom is 0.155 e. The van der Waals surface area contributed by atoms with Crippen LogP contribution in [0.25, 0.3) is 6.08 Å². The lowest BCUT2D eigenvalue weighted by Gasteiger charge is -2.29. The van der Waals surface area contributed by atoms with E-state index in [1.807, 2.05) is 0 Å². The summed E-state index contributed by atoms with van der Waals surface area (Å²) < 4.78 is 34.9. The molecule has 3 aromatic rings. The van der Waals surface area contributed by atoms with Gasteiger partial charge in [-0.3, -0.25) is 4.79 Å². The second kappa shape index (κ2) is 11.5. The number of halogens is 2. The first-order valence-electron chi connectivity index (χ1n) is 10.8. The van der Waals surface area contributed by atoms with E-state index in [2.05, 4.69) is 17.0 Å². The molecule has 1 atom stereocenters. The van der Waals surface area contributed by atoms with Crippen LogP contribution in [0, 0.1) is 11.6 Å². The predicted octanol–water partition coefficient (Wildman–Crippen LogP) is 4.69. The zero-order valence-corrected chi connectivity index (χ0v) is 18.5.